The van der Waals surface area contributed by atoms with Gasteiger partial charge in [0.25, 0.3) is 0 Å². The quantitative estimate of drug-likeness (QED) is 0.772. The average molecular weight is 293 g/mol. The zero-order valence-corrected chi connectivity index (χ0v) is 11.8. The first-order valence-electron chi connectivity index (χ1n) is 6.19. The number of pyridine rings is 1. The van der Waals surface area contributed by atoms with Gasteiger partial charge in [-0.15, -0.1) is 11.3 Å². The van der Waals surface area contributed by atoms with Crippen LogP contribution in [0.2, 0.25) is 0 Å². The van der Waals surface area contributed by atoms with Crippen LogP contribution in [0.5, 0.6) is 0 Å². The summed E-state index contributed by atoms with van der Waals surface area (Å²) in [7, 11) is 0. The molecule has 0 aliphatic rings. The van der Waals surface area contributed by atoms with Crippen molar-refractivity contribution in [3.05, 3.63) is 53.5 Å². The molecule has 3 rings (SSSR count). The molecule has 3 aromatic rings. The van der Waals surface area contributed by atoms with Gasteiger partial charge in [-0.05, 0) is 24.3 Å². The van der Waals surface area contributed by atoms with E-state index in [0.717, 1.165) is 16.9 Å². The fraction of sp³-hybridized carbons (Fsp3) is 0. The van der Waals surface area contributed by atoms with Crippen LogP contribution in [0.25, 0.3) is 11.3 Å². The van der Waals surface area contributed by atoms with Crippen LogP contribution in [0.1, 0.15) is 5.56 Å². The second-order valence-corrected chi connectivity index (χ2v) is 5.21. The fourth-order valence-corrected chi connectivity index (χ4v) is 2.43. The van der Waals surface area contributed by atoms with Crippen LogP contribution >= 0.6 is 11.3 Å². The molecule has 0 spiro atoms. The summed E-state index contributed by atoms with van der Waals surface area (Å²) in [5, 5.41) is 14.4. The van der Waals surface area contributed by atoms with Crippen molar-refractivity contribution in [3.63, 3.8) is 0 Å². The van der Waals surface area contributed by atoms with Crippen LogP contribution in [-0.4, -0.2) is 9.97 Å². The lowest BCUT2D eigenvalue weighted by molar-refractivity contribution is 1.29. The number of hydrogen-bond donors (Lipinski definition) is 2. The molecule has 0 fully saturated rings. The summed E-state index contributed by atoms with van der Waals surface area (Å²) in [6, 6.07) is 13.4. The SMILES string of the molecule is N#Cc1ccc(Nc2cccc(-c3csc(N)n3)c2)nc1. The molecule has 2 aromatic heterocycles. The van der Waals surface area contributed by atoms with Crippen molar-refractivity contribution < 1.29 is 0 Å². The maximum Gasteiger partial charge on any atom is 0.180 e. The minimum Gasteiger partial charge on any atom is -0.375 e. The second-order valence-electron chi connectivity index (χ2n) is 4.32. The van der Waals surface area contributed by atoms with Crippen molar-refractivity contribution in [2.75, 3.05) is 11.1 Å². The molecule has 0 atom stereocenters. The first-order valence-corrected chi connectivity index (χ1v) is 7.07. The number of anilines is 3. The number of nitriles is 1. The zero-order chi connectivity index (χ0) is 14.7. The highest BCUT2D eigenvalue weighted by Gasteiger charge is 2.04. The number of nitrogens with zero attached hydrogens (tertiary/aromatic N) is 3. The van der Waals surface area contributed by atoms with Gasteiger partial charge in [0.15, 0.2) is 5.13 Å². The summed E-state index contributed by atoms with van der Waals surface area (Å²) in [5.41, 5.74) is 8.94. The van der Waals surface area contributed by atoms with E-state index in [1.54, 1.807) is 12.1 Å². The minimum absolute atomic E-state index is 0.534. The molecule has 0 radical (unpaired) electrons. The van der Waals surface area contributed by atoms with Crippen molar-refractivity contribution in [2.24, 2.45) is 0 Å². The van der Waals surface area contributed by atoms with E-state index in [1.165, 1.54) is 17.5 Å². The molecule has 0 aliphatic carbocycles. The van der Waals surface area contributed by atoms with Crippen LogP contribution in [0.4, 0.5) is 16.6 Å². The van der Waals surface area contributed by atoms with Crippen molar-refractivity contribution in [1.82, 2.24) is 9.97 Å². The molecule has 0 aliphatic heterocycles. The monoisotopic (exact) mass is 293 g/mol. The lowest BCUT2D eigenvalue weighted by atomic mass is 10.1. The average Bonchev–Trinajstić information content (AvgIpc) is 2.95. The molecule has 5 nitrogen and oxygen atoms in total. The predicted octanol–water partition coefficient (Wildman–Crippen LogP) is 3.40. The number of aromatic nitrogens is 2. The molecule has 0 unspecified atom stereocenters. The molecule has 0 amide bonds. The second kappa shape index (κ2) is 5.61. The molecule has 21 heavy (non-hydrogen) atoms. The molecule has 3 N–H and O–H groups in total. The normalized spacial score (nSPS) is 10.0. The van der Waals surface area contributed by atoms with Gasteiger partial charge in [0.05, 0.1) is 11.3 Å². The Bertz CT molecular complexity index is 801. The van der Waals surface area contributed by atoms with E-state index < -0.39 is 0 Å². The molecule has 0 bridgehead atoms. The highest BCUT2D eigenvalue weighted by molar-refractivity contribution is 7.13. The topological polar surface area (TPSA) is 87.6 Å². The Kier molecular flexibility index (Phi) is 3.50. The Balaban J connectivity index is 1.84. The first-order chi connectivity index (χ1) is 10.2. The van der Waals surface area contributed by atoms with Gasteiger partial charge in [-0.25, -0.2) is 9.97 Å². The van der Waals surface area contributed by atoms with E-state index in [2.05, 4.69) is 15.3 Å². The van der Waals surface area contributed by atoms with Crippen molar-refractivity contribution in [2.45, 2.75) is 0 Å². The van der Waals surface area contributed by atoms with Gasteiger partial charge in [-0.3, -0.25) is 0 Å². The standard InChI is InChI=1S/C15H11N5S/c16-7-10-4-5-14(18-8-10)19-12-3-1-2-11(6-12)13-9-21-15(17)20-13/h1-6,8-9H,(H2,17,20)(H,18,19). The Hall–Kier alpha value is -2.91. The Labute approximate surface area is 125 Å². The molecule has 102 valence electrons. The van der Waals surface area contributed by atoms with Gasteiger partial charge in [-0.2, -0.15) is 5.26 Å². The number of benzene rings is 1. The predicted molar refractivity (Wildman–Crippen MR) is 84.2 cm³/mol. The van der Waals surface area contributed by atoms with Crippen molar-refractivity contribution in [3.8, 4) is 17.3 Å². The number of thiazole rings is 1. The maximum atomic E-state index is 8.76. The van der Waals surface area contributed by atoms with Crippen LogP contribution < -0.4 is 11.1 Å². The van der Waals surface area contributed by atoms with Gasteiger partial charge in [0.1, 0.15) is 11.9 Å². The third kappa shape index (κ3) is 2.99. The Morgan fingerprint density at radius 1 is 1.24 bits per heavy atom. The lowest BCUT2D eigenvalue weighted by Crippen LogP contribution is -1.94. The van der Waals surface area contributed by atoms with Crippen LogP contribution in [0, 0.1) is 11.3 Å². The molecule has 0 saturated heterocycles. The first kappa shape index (κ1) is 13.1. The maximum absolute atomic E-state index is 8.76. The lowest BCUT2D eigenvalue weighted by Gasteiger charge is -2.06. The smallest absolute Gasteiger partial charge is 0.180 e. The van der Waals surface area contributed by atoms with Gasteiger partial charge in [0, 0.05) is 22.8 Å². The van der Waals surface area contributed by atoms with Gasteiger partial charge in [-0.1, -0.05) is 12.1 Å². The van der Waals surface area contributed by atoms with Gasteiger partial charge < -0.3 is 11.1 Å². The van der Waals surface area contributed by atoms with Crippen molar-refractivity contribution in [1.29, 1.82) is 5.26 Å². The van der Waals surface area contributed by atoms with Crippen molar-refractivity contribution >= 4 is 28.0 Å². The van der Waals surface area contributed by atoms with Crippen LogP contribution in [0.15, 0.2) is 48.0 Å². The van der Waals surface area contributed by atoms with E-state index in [-0.39, 0.29) is 0 Å². The molecule has 0 saturated carbocycles. The summed E-state index contributed by atoms with van der Waals surface area (Å²) in [6.45, 7) is 0. The molecule has 6 heteroatoms. The zero-order valence-electron chi connectivity index (χ0n) is 10.9. The Morgan fingerprint density at radius 3 is 2.81 bits per heavy atom. The summed E-state index contributed by atoms with van der Waals surface area (Å²) in [6.07, 6.45) is 1.54. The number of nitrogens with one attached hydrogen (secondary N) is 1. The Morgan fingerprint density at radius 2 is 2.14 bits per heavy atom. The van der Waals surface area contributed by atoms with Crippen LogP contribution in [-0.2, 0) is 0 Å². The molecule has 2 heterocycles. The number of rotatable bonds is 3. The van der Waals surface area contributed by atoms with Gasteiger partial charge in [0.2, 0.25) is 0 Å². The summed E-state index contributed by atoms with van der Waals surface area (Å²) >= 11 is 1.42. The molecule has 1 aromatic carbocycles. The third-order valence-electron chi connectivity index (χ3n) is 2.85. The van der Waals surface area contributed by atoms with E-state index in [0.29, 0.717) is 16.5 Å². The number of hydrogen-bond acceptors (Lipinski definition) is 6. The minimum atomic E-state index is 0.534. The van der Waals surface area contributed by atoms with E-state index in [4.69, 9.17) is 11.0 Å². The van der Waals surface area contributed by atoms with E-state index in [1.807, 2.05) is 35.7 Å². The summed E-state index contributed by atoms with van der Waals surface area (Å²) < 4.78 is 0. The van der Waals surface area contributed by atoms with E-state index >= 15 is 0 Å². The molecular weight excluding hydrogens is 282 g/mol. The highest BCUT2D eigenvalue weighted by atomic mass is 32.1. The highest BCUT2D eigenvalue weighted by Crippen LogP contribution is 2.26. The fourth-order valence-electron chi connectivity index (χ4n) is 1.86. The van der Waals surface area contributed by atoms with E-state index in [9.17, 15) is 0 Å². The van der Waals surface area contributed by atoms with Gasteiger partial charge >= 0.3 is 0 Å². The summed E-state index contributed by atoms with van der Waals surface area (Å²) in [4.78, 5) is 8.45. The number of nitrogens with two attached hydrogens (primary N) is 1. The number of nitrogen functional groups attached to an aromatic ring is 1. The van der Waals surface area contributed by atoms with Crippen LogP contribution in [0.3, 0.4) is 0 Å². The summed E-state index contributed by atoms with van der Waals surface area (Å²) in [5.74, 6) is 0.684. The largest absolute Gasteiger partial charge is 0.375 e. The molecular formula is C15H11N5S. The third-order valence-corrected chi connectivity index (χ3v) is 3.52.